The highest BCUT2D eigenvalue weighted by atomic mass is 35.5. The number of carboxylic acids is 1. The molecule has 6 N–H and O–H groups in total. The number of methoxy groups -OCH3 is 2. The van der Waals surface area contributed by atoms with Gasteiger partial charge in [-0.05, 0) is 85.5 Å². The third-order valence-corrected chi connectivity index (χ3v) is 9.16. The summed E-state index contributed by atoms with van der Waals surface area (Å²) in [5, 5.41) is 23.4. The normalized spacial score (nSPS) is 13.2. The number of ether oxygens (including phenoxy) is 3. The lowest BCUT2D eigenvalue weighted by Gasteiger charge is -2.19. The molecular formula is C39H36ClF3N10O8. The van der Waals surface area contributed by atoms with E-state index in [2.05, 4.69) is 51.5 Å². The topological polar surface area (TPSA) is 241 Å². The number of anilines is 4. The Balaban J connectivity index is 1.02. The fraction of sp³-hybridized carbons (Fsp3) is 0.256. The minimum Gasteiger partial charge on any atom is -0.481 e. The summed E-state index contributed by atoms with van der Waals surface area (Å²) in [5.74, 6) is -3.58. The van der Waals surface area contributed by atoms with Crippen LogP contribution in [-0.4, -0.2) is 93.3 Å². The van der Waals surface area contributed by atoms with Crippen LogP contribution in [0.2, 0.25) is 5.02 Å². The molecule has 1 atom stereocenters. The number of hydrogen-bond acceptors (Lipinski definition) is 14. The molecule has 318 valence electrons. The highest BCUT2D eigenvalue weighted by Gasteiger charge is 2.45. The molecule has 3 aromatic carbocycles. The Morgan fingerprint density at radius 1 is 0.820 bits per heavy atom. The summed E-state index contributed by atoms with van der Waals surface area (Å²) in [6.07, 6.45) is -3.54. The van der Waals surface area contributed by atoms with Crippen LogP contribution >= 0.6 is 11.6 Å². The number of aromatic nitrogens is 5. The molecule has 22 heteroatoms. The molecule has 1 saturated carbocycles. The van der Waals surface area contributed by atoms with Crippen LogP contribution in [-0.2, 0) is 19.9 Å². The van der Waals surface area contributed by atoms with Crippen molar-refractivity contribution in [3.63, 3.8) is 0 Å². The lowest BCUT2D eigenvalue weighted by Crippen LogP contribution is -2.44. The van der Waals surface area contributed by atoms with E-state index in [9.17, 15) is 37.5 Å². The SMILES string of the molecule is COc1cc(OC)nc(-c2ccc(NC(=O)C(=O)NCCC(NC(=O)c3ccc(Nc4nc(NC5(c6ccc(Cl)cc6)CC5)nc(OCC(F)(F)F)n4)cc3)C(=O)O)cc2)n1. The van der Waals surface area contributed by atoms with Crippen LogP contribution in [0.4, 0.5) is 36.4 Å². The first-order valence-electron chi connectivity index (χ1n) is 18.2. The number of nitrogens with one attached hydrogen (secondary N) is 5. The Morgan fingerprint density at radius 2 is 1.44 bits per heavy atom. The Labute approximate surface area is 349 Å². The van der Waals surface area contributed by atoms with Crippen molar-refractivity contribution in [1.29, 1.82) is 0 Å². The highest BCUT2D eigenvalue weighted by molar-refractivity contribution is 6.39. The Bertz CT molecular complexity index is 2370. The molecule has 1 fully saturated rings. The lowest BCUT2D eigenvalue weighted by atomic mass is 10.1. The zero-order valence-corrected chi connectivity index (χ0v) is 32.9. The highest BCUT2D eigenvalue weighted by Crippen LogP contribution is 2.48. The lowest BCUT2D eigenvalue weighted by molar-refractivity contribution is -0.154. The average molecular weight is 865 g/mol. The van der Waals surface area contributed by atoms with Gasteiger partial charge in [0, 0.05) is 34.1 Å². The van der Waals surface area contributed by atoms with Gasteiger partial charge in [0.25, 0.3) is 5.91 Å². The smallest absolute Gasteiger partial charge is 0.422 e. The number of halogens is 4. The average Bonchev–Trinajstić information content (AvgIpc) is 4.02. The van der Waals surface area contributed by atoms with Crippen molar-refractivity contribution in [2.75, 3.05) is 43.3 Å². The Hall–Kier alpha value is -7.29. The molecule has 1 aliphatic carbocycles. The maximum absolute atomic E-state index is 13.0. The van der Waals surface area contributed by atoms with E-state index in [0.29, 0.717) is 34.9 Å². The van der Waals surface area contributed by atoms with Gasteiger partial charge in [-0.3, -0.25) is 14.4 Å². The quantitative estimate of drug-likeness (QED) is 0.0666. The zero-order chi connectivity index (χ0) is 43.7. The van der Waals surface area contributed by atoms with E-state index in [1.807, 2.05) is 12.1 Å². The minimum atomic E-state index is -4.66. The number of benzene rings is 3. The first-order chi connectivity index (χ1) is 29.1. The number of amides is 3. The van der Waals surface area contributed by atoms with E-state index >= 15 is 0 Å². The summed E-state index contributed by atoms with van der Waals surface area (Å²) in [7, 11) is 2.89. The van der Waals surface area contributed by atoms with Crippen LogP contribution in [0, 0.1) is 0 Å². The predicted molar refractivity (Wildman–Crippen MR) is 213 cm³/mol. The molecule has 0 radical (unpaired) electrons. The van der Waals surface area contributed by atoms with Crippen LogP contribution in [0.5, 0.6) is 17.8 Å². The third kappa shape index (κ3) is 11.9. The third-order valence-electron chi connectivity index (χ3n) is 8.91. The standard InChI is InChI=1S/C39H36ClF3N10O8/c1-59-28-19-29(60-2)49-30(48-28)21-3-11-25(12-4-21)45-33(56)32(55)44-18-15-27(34(57)58)47-31(54)22-5-13-26(14-6-22)46-35-50-36(52-37(51-35)61-20-39(41,42)43)53-38(16-17-38)23-7-9-24(40)10-8-23/h3-14,19,27H,15-18,20H2,1-2H3,(H,44,55)(H,45,56)(H,47,54)(H,57,58)(H2,46,50,51,52,53). The Morgan fingerprint density at radius 3 is 2.03 bits per heavy atom. The van der Waals surface area contributed by atoms with Gasteiger partial charge in [0.2, 0.25) is 23.7 Å². The molecule has 18 nitrogen and oxygen atoms in total. The molecule has 0 spiro atoms. The second-order valence-electron chi connectivity index (χ2n) is 13.3. The number of aliphatic carboxylic acids is 1. The van der Waals surface area contributed by atoms with Crippen LogP contribution < -0.4 is 40.8 Å². The number of nitrogens with zero attached hydrogens (tertiary/aromatic N) is 5. The molecule has 2 aromatic heterocycles. The molecule has 1 aliphatic rings. The van der Waals surface area contributed by atoms with Gasteiger partial charge in [0.15, 0.2) is 12.4 Å². The van der Waals surface area contributed by atoms with Crippen molar-refractivity contribution in [2.24, 2.45) is 0 Å². The van der Waals surface area contributed by atoms with Gasteiger partial charge in [0.1, 0.15) is 6.04 Å². The summed E-state index contributed by atoms with van der Waals surface area (Å²) in [4.78, 5) is 70.8. The molecule has 6 rings (SSSR count). The summed E-state index contributed by atoms with van der Waals surface area (Å²) in [6.45, 7) is -1.92. The number of carboxylic acid groups (broad SMARTS) is 1. The van der Waals surface area contributed by atoms with E-state index < -0.39 is 54.1 Å². The number of carbonyl (C=O) groups is 4. The number of carbonyl (C=O) groups excluding carboxylic acids is 3. The van der Waals surface area contributed by atoms with Crippen molar-refractivity contribution in [2.45, 2.75) is 37.0 Å². The molecule has 2 heterocycles. The van der Waals surface area contributed by atoms with Crippen LogP contribution in [0.1, 0.15) is 35.2 Å². The monoisotopic (exact) mass is 864 g/mol. The van der Waals surface area contributed by atoms with Crippen LogP contribution in [0.3, 0.4) is 0 Å². The van der Waals surface area contributed by atoms with Crippen LogP contribution in [0.15, 0.2) is 78.9 Å². The Kier molecular flexibility index (Phi) is 13.3. The first-order valence-corrected chi connectivity index (χ1v) is 18.6. The van der Waals surface area contributed by atoms with E-state index in [1.165, 1.54) is 56.7 Å². The molecule has 3 amide bonds. The fourth-order valence-electron chi connectivity index (χ4n) is 5.65. The van der Waals surface area contributed by atoms with E-state index in [4.69, 9.17) is 25.8 Å². The summed E-state index contributed by atoms with van der Waals surface area (Å²) >= 11 is 6.03. The van der Waals surface area contributed by atoms with Gasteiger partial charge in [-0.2, -0.15) is 38.1 Å². The second-order valence-corrected chi connectivity index (χ2v) is 13.7. The molecule has 0 aliphatic heterocycles. The number of hydrogen-bond donors (Lipinski definition) is 6. The first kappa shape index (κ1) is 43.3. The van der Waals surface area contributed by atoms with Crippen molar-refractivity contribution >= 4 is 58.6 Å². The van der Waals surface area contributed by atoms with Gasteiger partial charge in [-0.1, -0.05) is 23.7 Å². The number of rotatable bonds is 17. The molecular weight excluding hydrogens is 829 g/mol. The minimum absolute atomic E-state index is 0.0502. The van der Waals surface area contributed by atoms with Crippen molar-refractivity contribution < 1.29 is 51.7 Å². The van der Waals surface area contributed by atoms with E-state index in [1.54, 1.807) is 24.3 Å². The van der Waals surface area contributed by atoms with E-state index in [0.717, 1.165) is 5.56 Å². The van der Waals surface area contributed by atoms with Crippen molar-refractivity contribution in [3.05, 3.63) is 95.0 Å². The number of alkyl halides is 3. The van der Waals surface area contributed by atoms with Crippen molar-refractivity contribution in [3.8, 4) is 29.2 Å². The fourth-order valence-corrected chi connectivity index (χ4v) is 5.77. The molecule has 5 aromatic rings. The van der Waals surface area contributed by atoms with Crippen LogP contribution in [0.25, 0.3) is 11.4 Å². The summed E-state index contributed by atoms with van der Waals surface area (Å²) < 4.78 is 54.1. The van der Waals surface area contributed by atoms with Gasteiger partial charge < -0.3 is 45.9 Å². The molecule has 1 unspecified atom stereocenters. The van der Waals surface area contributed by atoms with Gasteiger partial charge in [-0.15, -0.1) is 0 Å². The largest absolute Gasteiger partial charge is 0.481 e. The second kappa shape index (κ2) is 18.7. The molecule has 61 heavy (non-hydrogen) atoms. The maximum atomic E-state index is 13.0. The van der Waals surface area contributed by atoms with Crippen molar-refractivity contribution in [1.82, 2.24) is 35.6 Å². The zero-order valence-electron chi connectivity index (χ0n) is 32.2. The van der Waals surface area contributed by atoms with Gasteiger partial charge in [-0.25, -0.2) is 4.79 Å². The van der Waals surface area contributed by atoms with Gasteiger partial charge in [0.05, 0.1) is 25.8 Å². The molecule has 0 saturated heterocycles. The summed E-state index contributed by atoms with van der Waals surface area (Å²) in [5.41, 5.74) is 1.51. The van der Waals surface area contributed by atoms with E-state index in [-0.39, 0.29) is 47.9 Å². The maximum Gasteiger partial charge on any atom is 0.422 e. The van der Waals surface area contributed by atoms with Gasteiger partial charge >= 0.3 is 30.0 Å². The molecule has 0 bridgehead atoms. The summed E-state index contributed by atoms with van der Waals surface area (Å²) in [6, 6.07) is 18.4. The predicted octanol–water partition coefficient (Wildman–Crippen LogP) is 5.11.